The van der Waals surface area contributed by atoms with Crippen LogP contribution in [0.4, 0.5) is 21.5 Å². The van der Waals surface area contributed by atoms with Gasteiger partial charge in [-0.15, -0.1) is 0 Å². The predicted octanol–water partition coefficient (Wildman–Crippen LogP) is 3.34. The van der Waals surface area contributed by atoms with Gasteiger partial charge in [0.25, 0.3) is 11.6 Å². The zero-order valence-electron chi connectivity index (χ0n) is 12.0. The van der Waals surface area contributed by atoms with Crippen molar-refractivity contribution in [3.8, 4) is 0 Å². The minimum atomic E-state index is -0.575. The molecule has 0 saturated carbocycles. The Morgan fingerprint density at radius 3 is 2.55 bits per heavy atom. The maximum Gasteiger partial charge on any atom is 0.293 e. The molecule has 7 heteroatoms. The van der Waals surface area contributed by atoms with Gasteiger partial charge in [-0.3, -0.25) is 14.9 Å². The van der Waals surface area contributed by atoms with Crippen molar-refractivity contribution in [1.82, 2.24) is 0 Å². The topological polar surface area (TPSA) is 84.3 Å². The predicted molar refractivity (Wildman–Crippen MR) is 81.7 cm³/mol. The third-order valence-corrected chi connectivity index (χ3v) is 3.16. The van der Waals surface area contributed by atoms with Crippen LogP contribution < -0.4 is 10.6 Å². The summed E-state index contributed by atoms with van der Waals surface area (Å²) in [6, 6.07) is 8.38. The van der Waals surface area contributed by atoms with E-state index >= 15 is 0 Å². The summed E-state index contributed by atoms with van der Waals surface area (Å²) < 4.78 is 13.5. The molecular formula is C15H14FN3O3. The SMILES string of the molecule is CNc1ccc(C(=O)Nc2ccc(C)c(F)c2)cc1[N+](=O)[O-]. The van der Waals surface area contributed by atoms with Gasteiger partial charge in [-0.2, -0.15) is 0 Å². The number of aryl methyl sites for hydroxylation is 1. The van der Waals surface area contributed by atoms with Crippen LogP contribution in [0.25, 0.3) is 0 Å². The van der Waals surface area contributed by atoms with Gasteiger partial charge in [0.15, 0.2) is 0 Å². The molecule has 2 aromatic rings. The van der Waals surface area contributed by atoms with Crippen molar-refractivity contribution in [3.05, 3.63) is 63.5 Å². The van der Waals surface area contributed by atoms with Gasteiger partial charge in [-0.25, -0.2) is 4.39 Å². The van der Waals surface area contributed by atoms with Crippen molar-refractivity contribution in [2.75, 3.05) is 17.7 Å². The van der Waals surface area contributed by atoms with Gasteiger partial charge >= 0.3 is 0 Å². The number of carbonyl (C=O) groups is 1. The van der Waals surface area contributed by atoms with Crippen molar-refractivity contribution >= 4 is 23.0 Å². The lowest BCUT2D eigenvalue weighted by molar-refractivity contribution is -0.384. The van der Waals surface area contributed by atoms with E-state index in [9.17, 15) is 19.3 Å². The van der Waals surface area contributed by atoms with E-state index in [-0.39, 0.29) is 16.9 Å². The molecule has 2 aromatic carbocycles. The Hall–Kier alpha value is -2.96. The van der Waals surface area contributed by atoms with Crippen molar-refractivity contribution in [2.45, 2.75) is 6.92 Å². The van der Waals surface area contributed by atoms with Gasteiger partial charge in [-0.05, 0) is 36.8 Å². The van der Waals surface area contributed by atoms with Crippen LogP contribution in [0.1, 0.15) is 15.9 Å². The van der Waals surface area contributed by atoms with Crippen LogP contribution in [0.15, 0.2) is 36.4 Å². The van der Waals surface area contributed by atoms with Crippen molar-refractivity contribution in [3.63, 3.8) is 0 Å². The Morgan fingerprint density at radius 1 is 1.23 bits per heavy atom. The molecule has 0 saturated heterocycles. The van der Waals surface area contributed by atoms with Gasteiger partial charge < -0.3 is 10.6 Å². The van der Waals surface area contributed by atoms with E-state index in [1.54, 1.807) is 20.0 Å². The van der Waals surface area contributed by atoms with Gasteiger partial charge in [0.1, 0.15) is 11.5 Å². The Morgan fingerprint density at radius 2 is 1.95 bits per heavy atom. The van der Waals surface area contributed by atoms with Crippen LogP contribution in [0.2, 0.25) is 0 Å². The van der Waals surface area contributed by atoms with Crippen molar-refractivity contribution in [2.24, 2.45) is 0 Å². The smallest absolute Gasteiger partial charge is 0.293 e. The van der Waals surface area contributed by atoms with E-state index < -0.39 is 16.6 Å². The average Bonchev–Trinajstić information content (AvgIpc) is 2.50. The molecule has 1 amide bonds. The Bertz CT molecular complexity index is 747. The molecule has 0 atom stereocenters. The monoisotopic (exact) mass is 303 g/mol. The lowest BCUT2D eigenvalue weighted by atomic mass is 10.1. The normalized spacial score (nSPS) is 10.1. The summed E-state index contributed by atoms with van der Waals surface area (Å²) in [4.78, 5) is 22.5. The summed E-state index contributed by atoms with van der Waals surface area (Å²) in [5.41, 5.74) is 0.973. The van der Waals surface area contributed by atoms with Crippen LogP contribution in [0.3, 0.4) is 0 Å². The quantitative estimate of drug-likeness (QED) is 0.670. The molecule has 2 N–H and O–H groups in total. The van der Waals surface area contributed by atoms with E-state index in [4.69, 9.17) is 0 Å². The fourth-order valence-corrected chi connectivity index (χ4v) is 1.91. The van der Waals surface area contributed by atoms with E-state index in [2.05, 4.69) is 10.6 Å². The second kappa shape index (κ2) is 6.21. The lowest BCUT2D eigenvalue weighted by Gasteiger charge is -2.08. The standard InChI is InChI=1S/C15H14FN3O3/c1-9-3-5-11(8-12(9)16)18-15(20)10-4-6-13(17-2)14(7-10)19(21)22/h3-8,17H,1-2H3,(H,18,20). The molecule has 0 radical (unpaired) electrons. The highest BCUT2D eigenvalue weighted by Crippen LogP contribution is 2.25. The van der Waals surface area contributed by atoms with E-state index in [0.29, 0.717) is 11.3 Å². The molecular weight excluding hydrogens is 289 g/mol. The largest absolute Gasteiger partial charge is 0.383 e. The van der Waals surface area contributed by atoms with Crippen LogP contribution in [0, 0.1) is 22.9 Å². The second-order valence-corrected chi connectivity index (χ2v) is 4.66. The molecule has 22 heavy (non-hydrogen) atoms. The number of nitrogens with one attached hydrogen (secondary N) is 2. The highest BCUT2D eigenvalue weighted by atomic mass is 19.1. The first-order chi connectivity index (χ1) is 10.4. The summed E-state index contributed by atoms with van der Waals surface area (Å²) in [6.45, 7) is 1.61. The first-order valence-electron chi connectivity index (χ1n) is 6.46. The number of anilines is 2. The number of carbonyl (C=O) groups excluding carboxylic acids is 1. The maximum absolute atomic E-state index is 13.5. The molecule has 0 fully saturated rings. The highest BCUT2D eigenvalue weighted by molar-refractivity contribution is 6.05. The minimum absolute atomic E-state index is 0.117. The van der Waals surface area contributed by atoms with Gasteiger partial charge in [-0.1, -0.05) is 6.07 Å². The van der Waals surface area contributed by atoms with Crippen molar-refractivity contribution in [1.29, 1.82) is 0 Å². The highest BCUT2D eigenvalue weighted by Gasteiger charge is 2.17. The summed E-state index contributed by atoms with van der Waals surface area (Å²) in [6.07, 6.45) is 0. The number of halogens is 1. The molecule has 0 bridgehead atoms. The summed E-state index contributed by atoms with van der Waals surface area (Å²) in [7, 11) is 1.55. The summed E-state index contributed by atoms with van der Waals surface area (Å²) in [5.74, 6) is -0.983. The molecule has 0 aliphatic heterocycles. The zero-order valence-corrected chi connectivity index (χ0v) is 12.0. The first-order valence-corrected chi connectivity index (χ1v) is 6.46. The Kier molecular flexibility index (Phi) is 4.36. The molecule has 0 heterocycles. The van der Waals surface area contributed by atoms with Crippen LogP contribution in [0.5, 0.6) is 0 Å². The third kappa shape index (κ3) is 3.20. The molecule has 0 unspecified atom stereocenters. The number of benzene rings is 2. The number of rotatable bonds is 4. The number of nitro groups is 1. The molecule has 6 nitrogen and oxygen atoms in total. The number of hydrogen-bond acceptors (Lipinski definition) is 4. The Labute approximate surface area is 126 Å². The molecule has 2 rings (SSSR count). The second-order valence-electron chi connectivity index (χ2n) is 4.66. The molecule has 0 spiro atoms. The molecule has 0 aliphatic carbocycles. The number of amides is 1. The van der Waals surface area contributed by atoms with Crippen LogP contribution in [-0.2, 0) is 0 Å². The van der Waals surface area contributed by atoms with Crippen LogP contribution >= 0.6 is 0 Å². The number of nitro benzene ring substituents is 1. The molecule has 114 valence electrons. The lowest BCUT2D eigenvalue weighted by Crippen LogP contribution is -2.12. The van der Waals surface area contributed by atoms with Crippen molar-refractivity contribution < 1.29 is 14.1 Å². The van der Waals surface area contributed by atoms with Gasteiger partial charge in [0.2, 0.25) is 0 Å². The molecule has 0 aromatic heterocycles. The Balaban J connectivity index is 2.27. The third-order valence-electron chi connectivity index (χ3n) is 3.16. The summed E-state index contributed by atoms with van der Waals surface area (Å²) >= 11 is 0. The van der Waals surface area contributed by atoms with Crippen LogP contribution in [-0.4, -0.2) is 17.9 Å². The van der Waals surface area contributed by atoms with E-state index in [0.717, 1.165) is 0 Å². The average molecular weight is 303 g/mol. The van der Waals surface area contributed by atoms with E-state index in [1.807, 2.05) is 0 Å². The fraction of sp³-hybridized carbons (Fsp3) is 0.133. The van der Waals surface area contributed by atoms with Gasteiger partial charge in [0, 0.05) is 24.4 Å². The zero-order chi connectivity index (χ0) is 16.3. The summed E-state index contributed by atoms with van der Waals surface area (Å²) in [5, 5.41) is 16.2. The minimum Gasteiger partial charge on any atom is -0.383 e. The number of hydrogen-bond donors (Lipinski definition) is 2. The van der Waals surface area contributed by atoms with Gasteiger partial charge in [0.05, 0.1) is 4.92 Å². The first kappa shape index (κ1) is 15.4. The fourth-order valence-electron chi connectivity index (χ4n) is 1.91. The molecule has 0 aliphatic rings. The maximum atomic E-state index is 13.5. The number of nitrogens with zero attached hydrogens (tertiary/aromatic N) is 1. The van der Waals surface area contributed by atoms with E-state index in [1.165, 1.54) is 30.3 Å².